The lowest BCUT2D eigenvalue weighted by Gasteiger charge is -2.32. The van der Waals surface area contributed by atoms with Crippen LogP contribution < -0.4 is 5.32 Å². The average molecular weight is 240 g/mol. The number of nitrogens with one attached hydrogen (secondary N) is 1. The topological polar surface area (TPSA) is 15.3 Å². The Hall–Kier alpha value is -0.0800. The van der Waals surface area contributed by atoms with Crippen LogP contribution in [0, 0.1) is 0 Å². The first-order valence-corrected chi connectivity index (χ1v) is 7.82. The van der Waals surface area contributed by atoms with Crippen LogP contribution in [0.4, 0.5) is 0 Å². The van der Waals surface area contributed by atoms with Gasteiger partial charge in [-0.15, -0.1) is 0 Å². The van der Waals surface area contributed by atoms with Gasteiger partial charge in [-0.2, -0.15) is 0 Å². The molecule has 0 radical (unpaired) electrons. The molecule has 2 heteroatoms. The van der Waals surface area contributed by atoms with Gasteiger partial charge in [-0.25, -0.2) is 0 Å². The van der Waals surface area contributed by atoms with Gasteiger partial charge in [-0.3, -0.25) is 0 Å². The molecule has 1 saturated heterocycles. The van der Waals surface area contributed by atoms with Crippen LogP contribution in [0.5, 0.6) is 0 Å². The summed E-state index contributed by atoms with van der Waals surface area (Å²) in [6, 6.07) is 0.792. The summed E-state index contributed by atoms with van der Waals surface area (Å²) in [5.41, 5.74) is 0. The largest absolute Gasteiger partial charge is 0.314 e. The normalized spacial score (nSPS) is 18.7. The van der Waals surface area contributed by atoms with Gasteiger partial charge in [0.1, 0.15) is 0 Å². The lowest BCUT2D eigenvalue weighted by atomic mass is 10.0. The maximum Gasteiger partial charge on any atom is 0.00912 e. The monoisotopic (exact) mass is 240 g/mol. The predicted octanol–water partition coefficient (Wildman–Crippen LogP) is 3.42. The summed E-state index contributed by atoms with van der Waals surface area (Å²) in [5, 5.41) is 3.57. The molecule has 2 nitrogen and oxygen atoms in total. The maximum atomic E-state index is 3.57. The molecule has 0 spiro atoms. The summed E-state index contributed by atoms with van der Waals surface area (Å²) < 4.78 is 0. The van der Waals surface area contributed by atoms with Crippen molar-refractivity contribution in [2.45, 2.75) is 71.3 Å². The van der Waals surface area contributed by atoms with Crippen molar-refractivity contribution in [3.05, 3.63) is 0 Å². The Morgan fingerprint density at radius 3 is 2.24 bits per heavy atom. The summed E-state index contributed by atoms with van der Waals surface area (Å²) in [7, 11) is 0. The highest BCUT2D eigenvalue weighted by Crippen LogP contribution is 2.12. The van der Waals surface area contributed by atoms with Crippen LogP contribution >= 0.6 is 0 Å². The van der Waals surface area contributed by atoms with Crippen LogP contribution in [0.15, 0.2) is 0 Å². The van der Waals surface area contributed by atoms with Crippen LogP contribution in [-0.4, -0.2) is 37.1 Å². The molecule has 0 aromatic rings. The SMILES string of the molecule is CCCCCCCCN1CCC(NCC)CC1. The molecule has 0 aromatic carbocycles. The first kappa shape index (κ1) is 15.0. The first-order valence-electron chi connectivity index (χ1n) is 7.82. The lowest BCUT2D eigenvalue weighted by molar-refractivity contribution is 0.195. The van der Waals surface area contributed by atoms with E-state index in [1.54, 1.807) is 0 Å². The third-order valence-corrected chi connectivity index (χ3v) is 3.91. The van der Waals surface area contributed by atoms with Gasteiger partial charge >= 0.3 is 0 Å². The Labute approximate surface area is 108 Å². The lowest BCUT2D eigenvalue weighted by Crippen LogP contribution is -2.42. The summed E-state index contributed by atoms with van der Waals surface area (Å²) in [5.74, 6) is 0. The molecule has 0 atom stereocenters. The second-order valence-electron chi connectivity index (χ2n) is 5.44. The van der Waals surface area contributed by atoms with Crippen molar-refractivity contribution in [3.63, 3.8) is 0 Å². The third kappa shape index (κ3) is 7.05. The van der Waals surface area contributed by atoms with E-state index in [0.717, 1.165) is 12.6 Å². The van der Waals surface area contributed by atoms with Crippen molar-refractivity contribution < 1.29 is 0 Å². The molecule has 1 N–H and O–H groups in total. The van der Waals surface area contributed by atoms with E-state index in [1.807, 2.05) is 0 Å². The Kier molecular flexibility index (Phi) is 8.72. The average Bonchev–Trinajstić information content (AvgIpc) is 2.36. The van der Waals surface area contributed by atoms with Crippen molar-refractivity contribution in [2.24, 2.45) is 0 Å². The summed E-state index contributed by atoms with van der Waals surface area (Å²) in [6.07, 6.45) is 11.2. The van der Waals surface area contributed by atoms with Crippen molar-refractivity contribution in [2.75, 3.05) is 26.2 Å². The number of rotatable bonds is 9. The third-order valence-electron chi connectivity index (χ3n) is 3.91. The van der Waals surface area contributed by atoms with Crippen molar-refractivity contribution >= 4 is 0 Å². The fourth-order valence-corrected chi connectivity index (χ4v) is 2.77. The first-order chi connectivity index (χ1) is 8.36. The zero-order valence-electron chi connectivity index (χ0n) is 12.0. The van der Waals surface area contributed by atoms with Gasteiger partial charge in [0, 0.05) is 6.04 Å². The molecule has 1 rings (SSSR count). The van der Waals surface area contributed by atoms with Crippen LogP contribution in [0.1, 0.15) is 65.2 Å². The number of hydrogen-bond acceptors (Lipinski definition) is 2. The Morgan fingerprint density at radius 1 is 0.941 bits per heavy atom. The minimum atomic E-state index is 0.792. The molecule has 1 heterocycles. The maximum absolute atomic E-state index is 3.57. The highest BCUT2D eigenvalue weighted by Gasteiger charge is 2.17. The van der Waals surface area contributed by atoms with E-state index in [1.165, 1.54) is 71.0 Å². The molecule has 0 aromatic heterocycles. The van der Waals surface area contributed by atoms with Gasteiger partial charge in [0.2, 0.25) is 0 Å². The second-order valence-corrected chi connectivity index (χ2v) is 5.44. The van der Waals surface area contributed by atoms with Crippen molar-refractivity contribution in [1.29, 1.82) is 0 Å². The van der Waals surface area contributed by atoms with Crippen LogP contribution in [0.25, 0.3) is 0 Å². The zero-order chi connectivity index (χ0) is 12.3. The van der Waals surface area contributed by atoms with E-state index in [-0.39, 0.29) is 0 Å². The van der Waals surface area contributed by atoms with E-state index < -0.39 is 0 Å². The number of hydrogen-bond donors (Lipinski definition) is 1. The number of piperidine rings is 1. The van der Waals surface area contributed by atoms with Gasteiger partial charge in [0.25, 0.3) is 0 Å². The van der Waals surface area contributed by atoms with E-state index in [0.29, 0.717) is 0 Å². The second kappa shape index (κ2) is 9.90. The highest BCUT2D eigenvalue weighted by molar-refractivity contribution is 4.76. The molecule has 0 amide bonds. The molecular weight excluding hydrogens is 208 g/mol. The molecule has 0 bridgehead atoms. The van der Waals surface area contributed by atoms with Gasteiger partial charge in [-0.1, -0.05) is 46.0 Å². The van der Waals surface area contributed by atoms with Gasteiger partial charge in [-0.05, 0) is 45.4 Å². The Morgan fingerprint density at radius 2 is 1.59 bits per heavy atom. The molecule has 1 aliphatic heterocycles. The zero-order valence-corrected chi connectivity index (χ0v) is 12.0. The minimum absolute atomic E-state index is 0.792. The molecular formula is C15H32N2. The quantitative estimate of drug-likeness (QED) is 0.621. The molecule has 0 aliphatic carbocycles. The summed E-state index contributed by atoms with van der Waals surface area (Å²) in [4.78, 5) is 2.66. The fraction of sp³-hybridized carbons (Fsp3) is 1.00. The Bertz CT molecular complexity index is 162. The van der Waals surface area contributed by atoms with E-state index in [2.05, 4.69) is 24.1 Å². The van der Waals surface area contributed by atoms with E-state index in [9.17, 15) is 0 Å². The van der Waals surface area contributed by atoms with Crippen LogP contribution in [0.3, 0.4) is 0 Å². The minimum Gasteiger partial charge on any atom is -0.314 e. The van der Waals surface area contributed by atoms with Crippen molar-refractivity contribution in [1.82, 2.24) is 10.2 Å². The molecule has 1 fully saturated rings. The van der Waals surface area contributed by atoms with Crippen LogP contribution in [0.2, 0.25) is 0 Å². The predicted molar refractivity (Wildman–Crippen MR) is 76.5 cm³/mol. The van der Waals surface area contributed by atoms with Gasteiger partial charge < -0.3 is 10.2 Å². The molecule has 102 valence electrons. The molecule has 17 heavy (non-hydrogen) atoms. The Balaban J connectivity index is 1.91. The summed E-state index contributed by atoms with van der Waals surface area (Å²) in [6.45, 7) is 9.59. The van der Waals surface area contributed by atoms with E-state index in [4.69, 9.17) is 0 Å². The smallest absolute Gasteiger partial charge is 0.00912 e. The molecule has 1 aliphatic rings. The van der Waals surface area contributed by atoms with Crippen molar-refractivity contribution in [3.8, 4) is 0 Å². The van der Waals surface area contributed by atoms with Crippen LogP contribution in [-0.2, 0) is 0 Å². The molecule has 0 unspecified atom stereocenters. The summed E-state index contributed by atoms with van der Waals surface area (Å²) >= 11 is 0. The fourth-order valence-electron chi connectivity index (χ4n) is 2.77. The number of nitrogens with zero attached hydrogens (tertiary/aromatic N) is 1. The van der Waals surface area contributed by atoms with Gasteiger partial charge in [0.15, 0.2) is 0 Å². The van der Waals surface area contributed by atoms with Gasteiger partial charge in [0.05, 0.1) is 0 Å². The van der Waals surface area contributed by atoms with E-state index >= 15 is 0 Å². The molecule has 0 saturated carbocycles. The highest BCUT2D eigenvalue weighted by atomic mass is 15.1. The standard InChI is InChI=1S/C15H32N2/c1-3-5-6-7-8-9-12-17-13-10-15(11-14-17)16-4-2/h15-16H,3-14H2,1-2H3. The number of unbranched alkanes of at least 4 members (excludes halogenated alkanes) is 5. The number of likely N-dealkylation sites (tertiary alicyclic amines) is 1.